The summed E-state index contributed by atoms with van der Waals surface area (Å²) < 4.78 is 0. The molecule has 1 unspecified atom stereocenters. The van der Waals surface area contributed by atoms with Crippen LogP contribution in [0.1, 0.15) is 23.2 Å². The lowest BCUT2D eigenvalue weighted by atomic mass is 9.88. The van der Waals surface area contributed by atoms with E-state index in [-0.39, 0.29) is 0 Å². The van der Waals surface area contributed by atoms with Crippen LogP contribution in [0.25, 0.3) is 0 Å². The third-order valence-corrected chi connectivity index (χ3v) is 3.50. The van der Waals surface area contributed by atoms with Crippen LogP contribution in [-0.2, 0) is 12.8 Å². The topological polar surface area (TPSA) is 37.8 Å². The molecule has 2 aromatic rings. The van der Waals surface area contributed by atoms with Gasteiger partial charge in [0.15, 0.2) is 0 Å². The Morgan fingerprint density at radius 1 is 1.17 bits per heavy atom. The molecule has 92 valence electrons. The predicted octanol–water partition coefficient (Wildman–Crippen LogP) is 2.75. The monoisotopic (exact) mass is 239 g/mol. The summed E-state index contributed by atoms with van der Waals surface area (Å²) in [6.07, 6.45) is 5.02. The molecule has 0 saturated carbocycles. The Morgan fingerprint density at radius 3 is 2.83 bits per heavy atom. The van der Waals surface area contributed by atoms with Gasteiger partial charge in [-0.25, -0.2) is 9.97 Å². The zero-order valence-corrected chi connectivity index (χ0v) is 10.6. The van der Waals surface area contributed by atoms with Gasteiger partial charge in [-0.05, 0) is 37.3 Å². The molecule has 1 aromatic heterocycles. The highest BCUT2D eigenvalue weighted by Crippen LogP contribution is 2.23. The fraction of sp³-hybridized carbons (Fsp3) is 0.333. The highest BCUT2D eigenvalue weighted by atomic mass is 15.0. The van der Waals surface area contributed by atoms with Crippen molar-refractivity contribution in [2.75, 3.05) is 5.32 Å². The summed E-state index contributed by atoms with van der Waals surface area (Å²) in [5.41, 5.74) is 3.96. The Balaban J connectivity index is 1.73. The van der Waals surface area contributed by atoms with Gasteiger partial charge in [0.2, 0.25) is 0 Å². The minimum Gasteiger partial charge on any atom is -0.367 e. The predicted molar refractivity (Wildman–Crippen MR) is 72.6 cm³/mol. The summed E-state index contributed by atoms with van der Waals surface area (Å²) in [7, 11) is 0. The van der Waals surface area contributed by atoms with Gasteiger partial charge in [0.1, 0.15) is 12.1 Å². The van der Waals surface area contributed by atoms with E-state index in [2.05, 4.69) is 39.6 Å². The minimum absolute atomic E-state index is 0.481. The highest BCUT2D eigenvalue weighted by Gasteiger charge is 2.18. The van der Waals surface area contributed by atoms with Crippen LogP contribution in [0.3, 0.4) is 0 Å². The van der Waals surface area contributed by atoms with Crippen molar-refractivity contribution in [1.29, 1.82) is 0 Å². The Morgan fingerprint density at radius 2 is 2.00 bits per heavy atom. The van der Waals surface area contributed by atoms with E-state index >= 15 is 0 Å². The number of anilines is 1. The summed E-state index contributed by atoms with van der Waals surface area (Å²) in [5, 5.41) is 3.51. The molecule has 1 aliphatic rings. The zero-order chi connectivity index (χ0) is 12.4. The van der Waals surface area contributed by atoms with Crippen molar-refractivity contribution in [2.24, 2.45) is 0 Å². The van der Waals surface area contributed by atoms with Crippen LogP contribution in [0, 0.1) is 6.92 Å². The summed E-state index contributed by atoms with van der Waals surface area (Å²) in [6.45, 7) is 1.99. The number of nitrogens with zero attached hydrogens (tertiary/aromatic N) is 2. The second-order valence-electron chi connectivity index (χ2n) is 4.90. The van der Waals surface area contributed by atoms with Crippen LogP contribution < -0.4 is 5.32 Å². The van der Waals surface area contributed by atoms with Crippen molar-refractivity contribution in [3.63, 3.8) is 0 Å². The second-order valence-corrected chi connectivity index (χ2v) is 4.90. The van der Waals surface area contributed by atoms with Crippen LogP contribution in [0.2, 0.25) is 0 Å². The number of fused-ring (bicyclic) bond motifs is 1. The minimum atomic E-state index is 0.481. The van der Waals surface area contributed by atoms with Gasteiger partial charge >= 0.3 is 0 Å². The zero-order valence-electron chi connectivity index (χ0n) is 10.6. The Labute approximate surface area is 107 Å². The van der Waals surface area contributed by atoms with Crippen LogP contribution in [0.5, 0.6) is 0 Å². The maximum Gasteiger partial charge on any atom is 0.129 e. The van der Waals surface area contributed by atoms with E-state index in [0.29, 0.717) is 6.04 Å². The fourth-order valence-electron chi connectivity index (χ4n) is 2.56. The first-order valence-electron chi connectivity index (χ1n) is 6.43. The van der Waals surface area contributed by atoms with Crippen molar-refractivity contribution in [1.82, 2.24) is 9.97 Å². The molecule has 18 heavy (non-hydrogen) atoms. The molecule has 3 nitrogen and oxygen atoms in total. The van der Waals surface area contributed by atoms with Gasteiger partial charge in [-0.1, -0.05) is 24.3 Å². The first-order valence-corrected chi connectivity index (χ1v) is 6.43. The van der Waals surface area contributed by atoms with Gasteiger partial charge in [-0.2, -0.15) is 0 Å². The normalized spacial score (nSPS) is 18.2. The fourth-order valence-corrected chi connectivity index (χ4v) is 2.56. The molecule has 1 N–H and O–H groups in total. The van der Waals surface area contributed by atoms with Crippen molar-refractivity contribution in [2.45, 2.75) is 32.2 Å². The molecule has 0 amide bonds. The maximum absolute atomic E-state index is 4.27. The van der Waals surface area contributed by atoms with Crippen molar-refractivity contribution < 1.29 is 0 Å². The van der Waals surface area contributed by atoms with Crippen LogP contribution >= 0.6 is 0 Å². The van der Waals surface area contributed by atoms with Crippen molar-refractivity contribution in [3.05, 3.63) is 53.5 Å². The third-order valence-electron chi connectivity index (χ3n) is 3.50. The van der Waals surface area contributed by atoms with E-state index in [1.807, 2.05) is 13.0 Å². The molecule has 1 aliphatic carbocycles. The smallest absolute Gasteiger partial charge is 0.129 e. The summed E-state index contributed by atoms with van der Waals surface area (Å²) in [4.78, 5) is 8.39. The number of nitrogens with one attached hydrogen (secondary N) is 1. The van der Waals surface area contributed by atoms with Crippen molar-refractivity contribution >= 4 is 5.82 Å². The van der Waals surface area contributed by atoms with Gasteiger partial charge in [0, 0.05) is 17.8 Å². The lowest BCUT2D eigenvalue weighted by molar-refractivity contribution is 0.608. The Hall–Kier alpha value is -1.90. The number of aromatic nitrogens is 2. The molecule has 0 spiro atoms. The first-order chi connectivity index (χ1) is 8.81. The van der Waals surface area contributed by atoms with Gasteiger partial charge in [0.05, 0.1) is 0 Å². The Bertz CT molecular complexity index is 551. The first kappa shape index (κ1) is 11.2. The molecular formula is C15H17N3. The molecule has 0 aliphatic heterocycles. The summed E-state index contributed by atoms with van der Waals surface area (Å²) in [5.74, 6) is 0.937. The molecule has 1 aromatic carbocycles. The lowest BCUT2D eigenvalue weighted by Crippen LogP contribution is -2.27. The van der Waals surface area contributed by atoms with Crippen LogP contribution in [0.4, 0.5) is 5.82 Å². The number of rotatable bonds is 2. The quantitative estimate of drug-likeness (QED) is 0.875. The largest absolute Gasteiger partial charge is 0.367 e. The standard InChI is InChI=1S/C15H17N3/c1-11-8-15(17-10-16-11)18-14-7-6-12-4-2-3-5-13(12)9-14/h2-5,8,10,14H,6-7,9H2,1H3,(H,16,17,18). The molecular weight excluding hydrogens is 222 g/mol. The van der Waals surface area contributed by atoms with Gasteiger partial charge in [-0.15, -0.1) is 0 Å². The van der Waals surface area contributed by atoms with Gasteiger partial charge in [0.25, 0.3) is 0 Å². The summed E-state index contributed by atoms with van der Waals surface area (Å²) in [6, 6.07) is 11.2. The van der Waals surface area contributed by atoms with Gasteiger partial charge < -0.3 is 5.32 Å². The van der Waals surface area contributed by atoms with E-state index in [1.54, 1.807) is 6.33 Å². The average molecular weight is 239 g/mol. The molecule has 1 heterocycles. The third kappa shape index (κ3) is 2.35. The molecule has 1 atom stereocenters. The van der Waals surface area contributed by atoms with Crippen molar-refractivity contribution in [3.8, 4) is 0 Å². The maximum atomic E-state index is 4.27. The second kappa shape index (κ2) is 4.77. The number of hydrogen-bond acceptors (Lipinski definition) is 3. The molecule has 0 bridgehead atoms. The van der Waals surface area contributed by atoms with E-state index in [9.17, 15) is 0 Å². The van der Waals surface area contributed by atoms with Gasteiger partial charge in [-0.3, -0.25) is 0 Å². The molecule has 3 heteroatoms. The van der Waals surface area contributed by atoms with E-state index in [4.69, 9.17) is 0 Å². The molecule has 0 fully saturated rings. The SMILES string of the molecule is Cc1cc(NC2CCc3ccccc3C2)ncn1. The molecule has 0 saturated heterocycles. The average Bonchev–Trinajstić information content (AvgIpc) is 2.39. The highest BCUT2D eigenvalue weighted by molar-refractivity contribution is 5.38. The summed E-state index contributed by atoms with van der Waals surface area (Å²) >= 11 is 0. The number of hydrogen-bond donors (Lipinski definition) is 1. The lowest BCUT2D eigenvalue weighted by Gasteiger charge is -2.25. The molecule has 3 rings (SSSR count). The van der Waals surface area contributed by atoms with E-state index < -0.39 is 0 Å². The van der Waals surface area contributed by atoms with E-state index in [1.165, 1.54) is 17.5 Å². The number of aryl methyl sites for hydroxylation is 2. The molecule has 0 radical (unpaired) electrons. The van der Waals surface area contributed by atoms with Crippen LogP contribution in [-0.4, -0.2) is 16.0 Å². The Kier molecular flexibility index (Phi) is 2.97. The van der Waals surface area contributed by atoms with Crippen LogP contribution in [0.15, 0.2) is 36.7 Å². The number of benzene rings is 1. The van der Waals surface area contributed by atoms with E-state index in [0.717, 1.165) is 24.4 Å².